The molecule has 7 nitrogen and oxygen atoms in total. The molecule has 30 heavy (non-hydrogen) atoms. The minimum atomic E-state index is -3.79. The summed E-state index contributed by atoms with van der Waals surface area (Å²) in [5.41, 5.74) is 1.65. The maximum Gasteiger partial charge on any atom is 0.283 e. The third kappa shape index (κ3) is 4.34. The summed E-state index contributed by atoms with van der Waals surface area (Å²) in [6, 6.07) is 11.2. The molecule has 1 amide bonds. The Labute approximate surface area is 180 Å². The highest BCUT2D eigenvalue weighted by Gasteiger charge is 2.21. The monoisotopic (exact) mass is 445 g/mol. The molecule has 1 fully saturated rings. The molecule has 0 saturated carbocycles. The van der Waals surface area contributed by atoms with E-state index in [1.165, 1.54) is 12.1 Å². The molecular formula is C21H20ClN3O4S. The quantitative estimate of drug-likeness (QED) is 0.777. The van der Waals surface area contributed by atoms with Crippen molar-refractivity contribution in [2.24, 2.45) is 4.40 Å². The van der Waals surface area contributed by atoms with E-state index in [9.17, 15) is 13.2 Å². The predicted molar refractivity (Wildman–Crippen MR) is 116 cm³/mol. The fraction of sp³-hybridized carbons (Fsp3) is 0.238. The smallest absolute Gasteiger partial charge is 0.283 e. The summed E-state index contributed by atoms with van der Waals surface area (Å²) >= 11 is 6.00. The van der Waals surface area contributed by atoms with Crippen LogP contribution in [0, 0.1) is 0 Å². The Morgan fingerprint density at radius 3 is 2.67 bits per heavy atom. The standard InChI is InChI=1S/C21H20ClN3O4S/c1-25-10-2-3-20(25)24-30(27,28)18-7-5-17(6-8-18)23-21(26)15-11-14-12-16(22)4-9-19(14)29-13-15/h4-9,11-12H,2-3,10,13H2,1H3,(H,23,26). The lowest BCUT2D eigenvalue weighted by atomic mass is 10.1. The Morgan fingerprint density at radius 1 is 1.20 bits per heavy atom. The number of nitrogens with one attached hydrogen (secondary N) is 1. The molecular weight excluding hydrogens is 426 g/mol. The molecule has 0 atom stereocenters. The molecule has 156 valence electrons. The zero-order chi connectivity index (χ0) is 21.3. The summed E-state index contributed by atoms with van der Waals surface area (Å²) in [6.45, 7) is 0.938. The Bertz CT molecular complexity index is 1160. The van der Waals surface area contributed by atoms with Crippen LogP contribution < -0.4 is 10.1 Å². The summed E-state index contributed by atoms with van der Waals surface area (Å²) in [4.78, 5) is 14.5. The summed E-state index contributed by atoms with van der Waals surface area (Å²) in [6.07, 6.45) is 3.27. The summed E-state index contributed by atoms with van der Waals surface area (Å²) < 4.78 is 34.6. The number of sulfonamides is 1. The van der Waals surface area contributed by atoms with Gasteiger partial charge in [-0.2, -0.15) is 8.42 Å². The molecule has 9 heteroatoms. The second-order valence-electron chi connectivity index (χ2n) is 7.13. The van der Waals surface area contributed by atoms with Gasteiger partial charge >= 0.3 is 0 Å². The van der Waals surface area contributed by atoms with Gasteiger partial charge in [-0.15, -0.1) is 4.40 Å². The predicted octanol–water partition coefficient (Wildman–Crippen LogP) is 3.57. The van der Waals surface area contributed by atoms with Gasteiger partial charge in [-0.25, -0.2) is 0 Å². The molecule has 1 saturated heterocycles. The van der Waals surface area contributed by atoms with E-state index in [4.69, 9.17) is 16.3 Å². The van der Waals surface area contributed by atoms with E-state index in [-0.39, 0.29) is 17.4 Å². The number of ether oxygens (including phenoxy) is 1. The van der Waals surface area contributed by atoms with Crippen LogP contribution in [-0.4, -0.2) is 45.3 Å². The minimum Gasteiger partial charge on any atom is -0.488 e. The molecule has 0 bridgehead atoms. The molecule has 1 N–H and O–H groups in total. The summed E-state index contributed by atoms with van der Waals surface area (Å²) in [7, 11) is -1.96. The van der Waals surface area contributed by atoms with Crippen molar-refractivity contribution in [1.82, 2.24) is 4.90 Å². The number of fused-ring (bicyclic) bond motifs is 1. The molecule has 0 aliphatic carbocycles. The van der Waals surface area contributed by atoms with Gasteiger partial charge in [-0.3, -0.25) is 4.79 Å². The van der Waals surface area contributed by atoms with E-state index in [1.54, 1.807) is 36.4 Å². The fourth-order valence-corrected chi connectivity index (χ4v) is 4.58. The SMILES string of the molecule is CN1CCCC1=NS(=O)(=O)c1ccc(NC(=O)C2=Cc3cc(Cl)ccc3OC2)cc1. The number of halogens is 1. The first-order valence-corrected chi connectivity index (χ1v) is 11.2. The molecule has 2 aliphatic rings. The van der Waals surface area contributed by atoms with Crippen molar-refractivity contribution in [1.29, 1.82) is 0 Å². The minimum absolute atomic E-state index is 0.0806. The van der Waals surface area contributed by atoms with Gasteiger partial charge in [0.25, 0.3) is 15.9 Å². The highest BCUT2D eigenvalue weighted by atomic mass is 35.5. The zero-order valence-corrected chi connectivity index (χ0v) is 17.8. The van der Waals surface area contributed by atoms with Crippen molar-refractivity contribution in [3.63, 3.8) is 0 Å². The number of carbonyl (C=O) groups excluding carboxylic acids is 1. The van der Waals surface area contributed by atoms with Crippen LogP contribution in [-0.2, 0) is 14.8 Å². The van der Waals surface area contributed by atoms with Crippen molar-refractivity contribution in [3.05, 3.63) is 58.6 Å². The molecule has 0 unspecified atom stereocenters. The van der Waals surface area contributed by atoms with Crippen molar-refractivity contribution >= 4 is 45.1 Å². The Morgan fingerprint density at radius 2 is 1.97 bits per heavy atom. The summed E-state index contributed by atoms with van der Waals surface area (Å²) in [5.74, 6) is 0.904. The topological polar surface area (TPSA) is 88.1 Å². The molecule has 0 spiro atoms. The zero-order valence-electron chi connectivity index (χ0n) is 16.3. The number of rotatable bonds is 4. The van der Waals surface area contributed by atoms with E-state index < -0.39 is 10.0 Å². The van der Waals surface area contributed by atoms with E-state index in [0.717, 1.165) is 18.5 Å². The van der Waals surface area contributed by atoms with E-state index in [0.29, 0.717) is 34.3 Å². The number of hydrogen-bond donors (Lipinski definition) is 1. The number of nitrogens with zero attached hydrogens (tertiary/aromatic N) is 2. The number of benzene rings is 2. The van der Waals surface area contributed by atoms with Crippen molar-refractivity contribution in [3.8, 4) is 5.75 Å². The van der Waals surface area contributed by atoms with Crippen LogP contribution >= 0.6 is 11.6 Å². The van der Waals surface area contributed by atoms with Gasteiger partial charge in [0, 0.05) is 36.3 Å². The molecule has 4 rings (SSSR count). The van der Waals surface area contributed by atoms with Gasteiger partial charge in [0.1, 0.15) is 18.2 Å². The Kier molecular flexibility index (Phi) is 5.53. The van der Waals surface area contributed by atoms with Crippen LogP contribution in [0.1, 0.15) is 18.4 Å². The van der Waals surface area contributed by atoms with Gasteiger partial charge in [-0.1, -0.05) is 11.6 Å². The van der Waals surface area contributed by atoms with E-state index >= 15 is 0 Å². The lowest BCUT2D eigenvalue weighted by Crippen LogP contribution is -2.21. The number of amidine groups is 1. The van der Waals surface area contributed by atoms with Crippen LogP contribution in [0.25, 0.3) is 6.08 Å². The largest absolute Gasteiger partial charge is 0.488 e. The van der Waals surface area contributed by atoms with Crippen molar-refractivity contribution in [2.45, 2.75) is 17.7 Å². The number of likely N-dealkylation sites (tertiary alicyclic amines) is 1. The van der Waals surface area contributed by atoms with E-state index in [2.05, 4.69) is 9.71 Å². The average Bonchev–Trinajstić information content (AvgIpc) is 3.11. The first-order valence-electron chi connectivity index (χ1n) is 9.41. The third-order valence-electron chi connectivity index (χ3n) is 4.95. The fourth-order valence-electron chi connectivity index (χ4n) is 3.30. The molecule has 0 aromatic heterocycles. The lowest BCUT2D eigenvalue weighted by molar-refractivity contribution is -0.113. The first-order chi connectivity index (χ1) is 14.3. The van der Waals surface area contributed by atoms with E-state index in [1.807, 2.05) is 11.9 Å². The molecule has 2 heterocycles. The number of amides is 1. The number of carbonyl (C=O) groups is 1. The third-order valence-corrected chi connectivity index (χ3v) is 6.50. The second kappa shape index (κ2) is 8.12. The molecule has 2 aromatic rings. The normalized spacial score (nSPS) is 17.3. The maximum atomic E-state index is 12.6. The van der Waals surface area contributed by atoms with Crippen LogP contribution in [0.4, 0.5) is 5.69 Å². The number of anilines is 1. The maximum absolute atomic E-state index is 12.6. The lowest BCUT2D eigenvalue weighted by Gasteiger charge is -2.18. The highest BCUT2D eigenvalue weighted by molar-refractivity contribution is 7.90. The highest BCUT2D eigenvalue weighted by Crippen LogP contribution is 2.29. The Hall–Kier alpha value is -2.84. The molecule has 0 radical (unpaired) electrons. The Balaban J connectivity index is 1.48. The van der Waals surface area contributed by atoms with Gasteiger partial charge in [0.15, 0.2) is 0 Å². The van der Waals surface area contributed by atoms with Crippen LogP contribution in [0.3, 0.4) is 0 Å². The number of hydrogen-bond acceptors (Lipinski definition) is 4. The van der Waals surface area contributed by atoms with Crippen molar-refractivity contribution < 1.29 is 17.9 Å². The first kappa shape index (κ1) is 20.4. The second-order valence-corrected chi connectivity index (χ2v) is 9.17. The van der Waals surface area contributed by atoms with Crippen LogP contribution in [0.2, 0.25) is 5.02 Å². The van der Waals surface area contributed by atoms with Crippen molar-refractivity contribution in [2.75, 3.05) is 25.5 Å². The molecule has 2 aromatic carbocycles. The van der Waals surface area contributed by atoms with Crippen LogP contribution in [0.15, 0.2) is 57.3 Å². The average molecular weight is 446 g/mol. The molecule has 2 aliphatic heterocycles. The van der Waals surface area contributed by atoms with Gasteiger partial charge < -0.3 is 15.0 Å². The van der Waals surface area contributed by atoms with Gasteiger partial charge in [0.2, 0.25) is 0 Å². The van der Waals surface area contributed by atoms with Gasteiger partial charge in [0.05, 0.1) is 10.5 Å². The summed E-state index contributed by atoms with van der Waals surface area (Å²) in [5, 5.41) is 3.31. The van der Waals surface area contributed by atoms with Gasteiger partial charge in [-0.05, 0) is 55.0 Å². The van der Waals surface area contributed by atoms with Crippen LogP contribution in [0.5, 0.6) is 5.75 Å².